The average Bonchev–Trinajstić information content (AvgIpc) is 1.85. The lowest BCUT2D eigenvalue weighted by Crippen LogP contribution is -2.07. The van der Waals surface area contributed by atoms with E-state index in [1.54, 1.807) is 0 Å². The summed E-state index contributed by atoms with van der Waals surface area (Å²) in [5.41, 5.74) is 0. The fraction of sp³-hybridized carbons (Fsp3) is 0.875. The first-order valence-electron chi connectivity index (χ1n) is 3.85. The molecule has 0 rings (SSSR count). The predicted octanol–water partition coefficient (Wildman–Crippen LogP) is 3.58. The third-order valence-electron chi connectivity index (χ3n) is 1.65. The zero-order valence-corrected chi connectivity index (χ0v) is 6.75. The van der Waals surface area contributed by atoms with Crippen LogP contribution in [0.5, 0.6) is 0 Å². The van der Waals surface area contributed by atoms with Crippen LogP contribution in [0.2, 0.25) is 0 Å². The molecule has 0 aromatic rings. The summed E-state index contributed by atoms with van der Waals surface area (Å²) in [6, 6.07) is 0. The van der Waals surface area contributed by atoms with Crippen LogP contribution in [0, 0.1) is 12.8 Å². The Hall–Kier alpha value is -0.210. The summed E-state index contributed by atoms with van der Waals surface area (Å²) >= 11 is 0. The molecule has 1 radical (unpaired) electrons. The topological polar surface area (TPSA) is 0 Å². The smallest absolute Gasteiger partial charge is 0.171 e. The molecule has 0 amide bonds. The third-order valence-corrected chi connectivity index (χ3v) is 1.65. The van der Waals surface area contributed by atoms with Crippen molar-refractivity contribution in [1.82, 2.24) is 0 Å². The normalized spacial score (nSPS) is 15.0. The zero-order valence-electron chi connectivity index (χ0n) is 6.75. The fourth-order valence-electron chi connectivity index (χ4n) is 0.795. The summed E-state index contributed by atoms with van der Waals surface area (Å²) in [5, 5.41) is 0. The molecule has 11 heavy (non-hydrogen) atoms. The van der Waals surface area contributed by atoms with Gasteiger partial charge < -0.3 is 0 Å². The van der Waals surface area contributed by atoms with E-state index in [1.165, 1.54) is 0 Å². The Balaban J connectivity index is 3.28. The molecule has 0 aromatic heterocycles. The molecule has 0 N–H and O–H groups in total. The second-order valence-electron chi connectivity index (χ2n) is 2.78. The number of rotatable bonds is 4. The Bertz CT molecular complexity index is 96.0. The highest BCUT2D eigenvalue weighted by atomic mass is 19.4. The van der Waals surface area contributed by atoms with Crippen molar-refractivity contribution in [2.24, 2.45) is 5.92 Å². The van der Waals surface area contributed by atoms with Crippen molar-refractivity contribution in [1.29, 1.82) is 0 Å². The Labute approximate surface area is 65.8 Å². The molecule has 0 heterocycles. The van der Waals surface area contributed by atoms with Gasteiger partial charge in [0.2, 0.25) is 0 Å². The molecule has 0 aliphatic rings. The van der Waals surface area contributed by atoms with Gasteiger partial charge in [0.15, 0.2) is 0 Å². The monoisotopic (exact) mass is 167 g/mol. The van der Waals surface area contributed by atoms with Crippen LogP contribution in [0.3, 0.4) is 0 Å². The molecule has 1 unspecified atom stereocenters. The molecule has 0 fully saturated rings. The van der Waals surface area contributed by atoms with E-state index in [4.69, 9.17) is 0 Å². The molecule has 0 spiro atoms. The Morgan fingerprint density at radius 1 is 1.36 bits per heavy atom. The molecular weight excluding hydrogens is 153 g/mol. The molecule has 67 valence electrons. The lowest BCUT2D eigenvalue weighted by atomic mass is 10.0. The van der Waals surface area contributed by atoms with E-state index in [2.05, 4.69) is 6.92 Å². The van der Waals surface area contributed by atoms with E-state index in [-0.39, 0.29) is 12.3 Å². The number of hydrogen-bond donors (Lipinski definition) is 0. The fourth-order valence-corrected chi connectivity index (χ4v) is 0.795. The van der Waals surface area contributed by atoms with Crippen LogP contribution < -0.4 is 0 Å². The minimum atomic E-state index is -3.99. The van der Waals surface area contributed by atoms with E-state index in [0.29, 0.717) is 6.42 Å². The SMILES string of the molecule is [CH2]C(CC)CCCC(F)(F)F. The summed E-state index contributed by atoms with van der Waals surface area (Å²) in [6.07, 6.45) is -3.01. The highest BCUT2D eigenvalue weighted by Gasteiger charge is 2.26. The number of alkyl halides is 3. The standard InChI is InChI=1S/C8H14F3/c1-3-7(2)5-4-6-8(9,10)11/h7H,2-6H2,1H3. The third kappa shape index (κ3) is 7.69. The highest BCUT2D eigenvalue weighted by Crippen LogP contribution is 2.23. The van der Waals surface area contributed by atoms with Gasteiger partial charge in [0, 0.05) is 6.42 Å². The maximum atomic E-state index is 11.6. The van der Waals surface area contributed by atoms with Crippen LogP contribution >= 0.6 is 0 Å². The summed E-state index contributed by atoms with van der Waals surface area (Å²) < 4.78 is 34.8. The Morgan fingerprint density at radius 2 is 1.91 bits per heavy atom. The molecule has 0 bridgehead atoms. The van der Waals surface area contributed by atoms with Gasteiger partial charge in [-0.1, -0.05) is 26.7 Å². The maximum absolute atomic E-state index is 11.6. The first-order valence-corrected chi connectivity index (χ1v) is 3.85. The molecule has 0 nitrogen and oxygen atoms in total. The van der Waals surface area contributed by atoms with Gasteiger partial charge in [0.1, 0.15) is 0 Å². The molecule has 1 atom stereocenters. The van der Waals surface area contributed by atoms with Crippen LogP contribution in [-0.4, -0.2) is 6.18 Å². The first kappa shape index (κ1) is 10.8. The average molecular weight is 167 g/mol. The summed E-state index contributed by atoms with van der Waals surface area (Å²) in [6.45, 7) is 5.64. The van der Waals surface area contributed by atoms with E-state index in [9.17, 15) is 13.2 Å². The van der Waals surface area contributed by atoms with Crippen LogP contribution in [0.1, 0.15) is 32.6 Å². The molecule has 0 aliphatic carbocycles. The van der Waals surface area contributed by atoms with Gasteiger partial charge in [-0.15, -0.1) is 0 Å². The van der Waals surface area contributed by atoms with Crippen LogP contribution in [0.15, 0.2) is 0 Å². The van der Waals surface area contributed by atoms with Gasteiger partial charge in [0.25, 0.3) is 0 Å². The van der Waals surface area contributed by atoms with Crippen molar-refractivity contribution < 1.29 is 13.2 Å². The largest absolute Gasteiger partial charge is 0.389 e. The van der Waals surface area contributed by atoms with Gasteiger partial charge in [-0.3, -0.25) is 0 Å². The lowest BCUT2D eigenvalue weighted by Gasteiger charge is -2.09. The van der Waals surface area contributed by atoms with E-state index < -0.39 is 12.6 Å². The summed E-state index contributed by atoms with van der Waals surface area (Å²) in [5.74, 6) is 0.178. The van der Waals surface area contributed by atoms with Gasteiger partial charge in [0.05, 0.1) is 0 Å². The van der Waals surface area contributed by atoms with Crippen molar-refractivity contribution in [3.05, 3.63) is 6.92 Å². The molecule has 0 aromatic carbocycles. The molecule has 0 aliphatic heterocycles. The molecule has 0 saturated carbocycles. The summed E-state index contributed by atoms with van der Waals surface area (Å²) in [4.78, 5) is 0. The second kappa shape index (κ2) is 4.62. The number of halogens is 3. The Morgan fingerprint density at radius 3 is 2.27 bits per heavy atom. The second-order valence-corrected chi connectivity index (χ2v) is 2.78. The van der Waals surface area contributed by atoms with Crippen molar-refractivity contribution in [3.63, 3.8) is 0 Å². The minimum absolute atomic E-state index is 0.178. The lowest BCUT2D eigenvalue weighted by molar-refractivity contribution is -0.135. The van der Waals surface area contributed by atoms with E-state index >= 15 is 0 Å². The van der Waals surface area contributed by atoms with Gasteiger partial charge in [-0.05, 0) is 12.3 Å². The van der Waals surface area contributed by atoms with E-state index in [0.717, 1.165) is 6.42 Å². The van der Waals surface area contributed by atoms with Crippen LogP contribution in [-0.2, 0) is 0 Å². The van der Waals surface area contributed by atoms with E-state index in [1.807, 2.05) is 6.92 Å². The van der Waals surface area contributed by atoms with Crippen molar-refractivity contribution >= 4 is 0 Å². The number of hydrogen-bond acceptors (Lipinski definition) is 0. The quantitative estimate of drug-likeness (QED) is 0.600. The van der Waals surface area contributed by atoms with Crippen LogP contribution in [0.25, 0.3) is 0 Å². The maximum Gasteiger partial charge on any atom is 0.389 e. The predicted molar refractivity (Wildman–Crippen MR) is 39.0 cm³/mol. The van der Waals surface area contributed by atoms with Crippen molar-refractivity contribution in [2.45, 2.75) is 38.8 Å². The first-order chi connectivity index (χ1) is 4.95. The summed E-state index contributed by atoms with van der Waals surface area (Å²) in [7, 11) is 0. The zero-order chi connectivity index (χ0) is 8.91. The van der Waals surface area contributed by atoms with Gasteiger partial charge in [-0.2, -0.15) is 13.2 Å². The van der Waals surface area contributed by atoms with Crippen LogP contribution in [0.4, 0.5) is 13.2 Å². The van der Waals surface area contributed by atoms with Gasteiger partial charge in [-0.25, -0.2) is 0 Å². The highest BCUT2D eigenvalue weighted by molar-refractivity contribution is 4.60. The molecular formula is C8H14F3. The van der Waals surface area contributed by atoms with Crippen molar-refractivity contribution in [3.8, 4) is 0 Å². The van der Waals surface area contributed by atoms with Crippen molar-refractivity contribution in [2.75, 3.05) is 0 Å². The van der Waals surface area contributed by atoms with Gasteiger partial charge >= 0.3 is 6.18 Å². The minimum Gasteiger partial charge on any atom is -0.171 e. The Kier molecular flexibility index (Phi) is 4.54. The molecule has 3 heteroatoms. The molecule has 0 saturated heterocycles.